The molecule has 6 nitrogen and oxygen atoms in total. The van der Waals surface area contributed by atoms with Crippen molar-refractivity contribution in [1.82, 2.24) is 10.2 Å². The first-order valence-corrected chi connectivity index (χ1v) is 7.32. The van der Waals surface area contributed by atoms with Gasteiger partial charge in [-0.15, -0.1) is 0 Å². The van der Waals surface area contributed by atoms with Crippen LogP contribution >= 0.6 is 11.6 Å². The van der Waals surface area contributed by atoms with E-state index in [2.05, 4.69) is 24.1 Å². The van der Waals surface area contributed by atoms with Crippen LogP contribution in [0.1, 0.15) is 30.6 Å². The fourth-order valence-corrected chi connectivity index (χ4v) is 2.27. The second-order valence-electron chi connectivity index (χ2n) is 4.53. The van der Waals surface area contributed by atoms with Gasteiger partial charge in [0.25, 0.3) is 5.91 Å². The fraction of sp³-hybridized carbons (Fsp3) is 0.500. The van der Waals surface area contributed by atoms with Crippen LogP contribution < -0.4 is 5.32 Å². The summed E-state index contributed by atoms with van der Waals surface area (Å²) in [5.74, 6) is -0.469. The number of amides is 1. The zero-order valence-electron chi connectivity index (χ0n) is 12.3. The SMILES string of the molecule is CCN(CC)CCCNC(=O)c1cccc(Cl)c1[N+](=O)[O-]. The Labute approximate surface area is 129 Å². The van der Waals surface area contributed by atoms with Gasteiger partial charge in [0.05, 0.1) is 4.92 Å². The molecule has 0 aliphatic carbocycles. The molecule has 7 heteroatoms. The van der Waals surface area contributed by atoms with Crippen LogP contribution in [0.5, 0.6) is 0 Å². The van der Waals surface area contributed by atoms with Crippen molar-refractivity contribution in [3.63, 3.8) is 0 Å². The molecule has 0 fully saturated rings. The van der Waals surface area contributed by atoms with Crippen LogP contribution in [0.25, 0.3) is 0 Å². The van der Waals surface area contributed by atoms with Gasteiger partial charge in [-0.25, -0.2) is 0 Å². The number of halogens is 1. The van der Waals surface area contributed by atoms with E-state index in [1.165, 1.54) is 18.2 Å². The van der Waals surface area contributed by atoms with Crippen LogP contribution in [0.3, 0.4) is 0 Å². The minimum absolute atomic E-state index is 0.00432. The molecule has 0 unspecified atom stereocenters. The number of benzene rings is 1. The number of carbonyl (C=O) groups is 1. The monoisotopic (exact) mass is 313 g/mol. The Bertz CT molecular complexity index is 504. The van der Waals surface area contributed by atoms with Gasteiger partial charge < -0.3 is 10.2 Å². The summed E-state index contributed by atoms with van der Waals surface area (Å²) >= 11 is 5.78. The molecule has 0 atom stereocenters. The summed E-state index contributed by atoms with van der Waals surface area (Å²) in [4.78, 5) is 24.6. The van der Waals surface area contributed by atoms with E-state index < -0.39 is 10.8 Å². The van der Waals surface area contributed by atoms with Gasteiger partial charge in [0.1, 0.15) is 10.6 Å². The first kappa shape index (κ1) is 17.4. The maximum atomic E-state index is 12.0. The average molecular weight is 314 g/mol. The molecule has 1 aromatic carbocycles. The molecule has 1 rings (SSSR count). The lowest BCUT2D eigenvalue weighted by Gasteiger charge is -2.17. The zero-order valence-corrected chi connectivity index (χ0v) is 13.0. The lowest BCUT2D eigenvalue weighted by molar-refractivity contribution is -0.385. The highest BCUT2D eigenvalue weighted by Gasteiger charge is 2.23. The van der Waals surface area contributed by atoms with Crippen LogP contribution in [0.4, 0.5) is 5.69 Å². The smallest absolute Gasteiger partial charge is 0.300 e. The highest BCUT2D eigenvalue weighted by molar-refractivity contribution is 6.33. The third-order valence-corrected chi connectivity index (χ3v) is 3.55. The summed E-state index contributed by atoms with van der Waals surface area (Å²) in [6, 6.07) is 4.33. The van der Waals surface area contributed by atoms with Gasteiger partial charge in [-0.05, 0) is 38.2 Å². The molecule has 0 aromatic heterocycles. The molecule has 0 bridgehead atoms. The number of nitrogens with zero attached hydrogens (tertiary/aromatic N) is 2. The van der Waals surface area contributed by atoms with Crippen LogP contribution in [0.15, 0.2) is 18.2 Å². The summed E-state index contributed by atoms with van der Waals surface area (Å²) in [6.45, 7) is 7.44. The molecule has 21 heavy (non-hydrogen) atoms. The number of nitrogens with one attached hydrogen (secondary N) is 1. The van der Waals surface area contributed by atoms with Crippen molar-refractivity contribution in [1.29, 1.82) is 0 Å². The van der Waals surface area contributed by atoms with E-state index in [-0.39, 0.29) is 16.3 Å². The molecule has 1 aromatic rings. The minimum atomic E-state index is -0.632. The highest BCUT2D eigenvalue weighted by atomic mass is 35.5. The molecule has 0 saturated heterocycles. The van der Waals surface area contributed by atoms with Crippen molar-refractivity contribution in [2.45, 2.75) is 20.3 Å². The van der Waals surface area contributed by atoms with Crippen molar-refractivity contribution < 1.29 is 9.72 Å². The number of hydrogen-bond donors (Lipinski definition) is 1. The largest absolute Gasteiger partial charge is 0.352 e. The molecular weight excluding hydrogens is 294 g/mol. The number of nitro benzene ring substituents is 1. The Kier molecular flexibility index (Phi) is 7.11. The van der Waals surface area contributed by atoms with Crippen molar-refractivity contribution in [3.05, 3.63) is 38.9 Å². The predicted molar refractivity (Wildman–Crippen MR) is 82.8 cm³/mol. The first-order valence-electron chi connectivity index (χ1n) is 6.94. The lowest BCUT2D eigenvalue weighted by atomic mass is 10.1. The summed E-state index contributed by atoms with van der Waals surface area (Å²) in [5, 5.41) is 13.6. The van der Waals surface area contributed by atoms with Gasteiger partial charge >= 0.3 is 5.69 Å². The maximum absolute atomic E-state index is 12.0. The molecule has 0 heterocycles. The summed E-state index contributed by atoms with van der Waals surface area (Å²) in [5.41, 5.74) is -0.351. The van der Waals surface area contributed by atoms with Gasteiger partial charge in [0, 0.05) is 6.54 Å². The van der Waals surface area contributed by atoms with Crippen molar-refractivity contribution in [2.24, 2.45) is 0 Å². The van der Waals surface area contributed by atoms with Crippen molar-refractivity contribution in [3.8, 4) is 0 Å². The lowest BCUT2D eigenvalue weighted by Crippen LogP contribution is -2.30. The second-order valence-corrected chi connectivity index (χ2v) is 4.94. The quantitative estimate of drug-likeness (QED) is 0.455. The minimum Gasteiger partial charge on any atom is -0.352 e. The summed E-state index contributed by atoms with van der Waals surface area (Å²) in [7, 11) is 0. The normalized spacial score (nSPS) is 10.7. The van der Waals surface area contributed by atoms with Crippen LogP contribution in [0, 0.1) is 10.1 Å². The first-order chi connectivity index (χ1) is 10.0. The molecular formula is C14H20ClN3O3. The molecule has 0 saturated carbocycles. The number of carbonyl (C=O) groups excluding carboxylic acids is 1. The van der Waals surface area contributed by atoms with Crippen LogP contribution in [-0.2, 0) is 0 Å². The van der Waals surface area contributed by atoms with Gasteiger partial charge in [0.15, 0.2) is 0 Å². The Morgan fingerprint density at radius 1 is 1.38 bits per heavy atom. The second kappa shape index (κ2) is 8.59. The van der Waals surface area contributed by atoms with E-state index in [4.69, 9.17) is 11.6 Å². The summed E-state index contributed by atoms with van der Waals surface area (Å²) in [6.07, 6.45) is 0.793. The molecule has 0 spiro atoms. The van der Waals surface area contributed by atoms with E-state index in [0.29, 0.717) is 6.54 Å². The third-order valence-electron chi connectivity index (χ3n) is 3.25. The molecule has 0 aliphatic rings. The zero-order chi connectivity index (χ0) is 15.8. The van der Waals surface area contributed by atoms with Crippen LogP contribution in [-0.4, -0.2) is 41.9 Å². The van der Waals surface area contributed by atoms with Gasteiger partial charge in [0.2, 0.25) is 0 Å². The highest BCUT2D eigenvalue weighted by Crippen LogP contribution is 2.27. The molecule has 1 N–H and O–H groups in total. The van der Waals surface area contributed by atoms with E-state index in [1.807, 2.05) is 0 Å². The van der Waals surface area contributed by atoms with E-state index in [1.54, 1.807) is 0 Å². The van der Waals surface area contributed by atoms with E-state index in [9.17, 15) is 14.9 Å². The molecule has 116 valence electrons. The van der Waals surface area contributed by atoms with Crippen molar-refractivity contribution in [2.75, 3.05) is 26.2 Å². The number of hydrogen-bond acceptors (Lipinski definition) is 4. The van der Waals surface area contributed by atoms with Crippen LogP contribution in [0.2, 0.25) is 5.02 Å². The molecule has 1 amide bonds. The van der Waals surface area contributed by atoms with E-state index >= 15 is 0 Å². The van der Waals surface area contributed by atoms with Gasteiger partial charge in [-0.1, -0.05) is 31.5 Å². The van der Waals surface area contributed by atoms with Gasteiger partial charge in [-0.3, -0.25) is 14.9 Å². The Morgan fingerprint density at radius 3 is 2.62 bits per heavy atom. The number of para-hydroxylation sites is 1. The number of rotatable bonds is 8. The molecule has 0 aliphatic heterocycles. The summed E-state index contributed by atoms with van der Waals surface area (Å²) < 4.78 is 0. The Balaban J connectivity index is 2.61. The van der Waals surface area contributed by atoms with E-state index in [0.717, 1.165) is 26.1 Å². The molecule has 0 radical (unpaired) electrons. The Morgan fingerprint density at radius 2 is 2.05 bits per heavy atom. The average Bonchev–Trinajstić information content (AvgIpc) is 2.46. The number of nitro groups is 1. The van der Waals surface area contributed by atoms with Crippen molar-refractivity contribution >= 4 is 23.2 Å². The third kappa shape index (κ3) is 4.99. The fourth-order valence-electron chi connectivity index (χ4n) is 2.02. The topological polar surface area (TPSA) is 75.5 Å². The predicted octanol–water partition coefficient (Wildman–Crippen LogP) is 2.71. The maximum Gasteiger partial charge on any atom is 0.300 e. The Hall–Kier alpha value is -1.66. The van der Waals surface area contributed by atoms with Gasteiger partial charge in [-0.2, -0.15) is 0 Å². The standard InChI is InChI=1S/C14H20ClN3O3/c1-3-17(4-2)10-6-9-16-14(19)11-7-5-8-12(15)13(11)18(20)21/h5,7-8H,3-4,6,9-10H2,1-2H3,(H,16,19).